The number of hydrogen-bond donors (Lipinski definition) is 1. The minimum absolute atomic E-state index is 0.280. The normalized spacial score (nSPS) is 12.2. The van der Waals surface area contributed by atoms with E-state index in [9.17, 15) is 19.1 Å². The van der Waals surface area contributed by atoms with Crippen molar-refractivity contribution in [3.05, 3.63) is 71.6 Å². The zero-order valence-corrected chi connectivity index (χ0v) is 14.1. The molecule has 0 unspecified atom stereocenters. The molecule has 0 amide bonds. The second kappa shape index (κ2) is 8.57. The van der Waals surface area contributed by atoms with E-state index in [1.807, 2.05) is 0 Å². The first-order valence-corrected chi connectivity index (χ1v) is 7.48. The van der Waals surface area contributed by atoms with Crippen LogP contribution in [-0.4, -0.2) is 37.0 Å². The molecule has 6 nitrogen and oxygen atoms in total. The first-order valence-electron chi connectivity index (χ1n) is 7.48. The van der Waals surface area contributed by atoms with Gasteiger partial charge in [-0.2, -0.15) is 0 Å². The minimum atomic E-state index is -1.06. The molecule has 0 aliphatic carbocycles. The van der Waals surface area contributed by atoms with Crippen LogP contribution < -0.4 is 0 Å². The highest BCUT2D eigenvalue weighted by atomic mass is 19.1. The number of para-hydroxylation sites is 1. The number of benzene rings is 2. The Morgan fingerprint density at radius 1 is 0.923 bits per heavy atom. The fourth-order valence-corrected chi connectivity index (χ4v) is 2.13. The van der Waals surface area contributed by atoms with Crippen molar-refractivity contribution in [3.63, 3.8) is 0 Å². The minimum Gasteiger partial charge on any atom is -0.506 e. The molecule has 0 bridgehead atoms. The summed E-state index contributed by atoms with van der Waals surface area (Å²) in [6.45, 7) is 0. The number of rotatable bonds is 5. The van der Waals surface area contributed by atoms with Gasteiger partial charge in [-0.1, -0.05) is 30.3 Å². The van der Waals surface area contributed by atoms with Crippen molar-refractivity contribution in [1.82, 2.24) is 0 Å². The first kappa shape index (κ1) is 18.9. The molecule has 2 rings (SSSR count). The van der Waals surface area contributed by atoms with E-state index in [4.69, 9.17) is 0 Å². The lowest BCUT2D eigenvalue weighted by molar-refractivity contribution is -0.137. The highest BCUT2D eigenvalue weighted by Crippen LogP contribution is 2.23. The van der Waals surface area contributed by atoms with Crippen molar-refractivity contribution in [3.8, 4) is 0 Å². The summed E-state index contributed by atoms with van der Waals surface area (Å²) in [6.07, 6.45) is 0. The second-order valence-electron chi connectivity index (χ2n) is 4.98. The highest BCUT2D eigenvalue weighted by Gasteiger charge is 2.30. The molecule has 0 aliphatic heterocycles. The number of methoxy groups -OCH3 is 2. The third-order valence-electron chi connectivity index (χ3n) is 3.37. The average Bonchev–Trinajstić information content (AvgIpc) is 2.67. The molecule has 0 aliphatic rings. The SMILES string of the molecule is COC(=O)C(=Nc1ccccc1)/C(C(=O)OC)=C(/O)c1ccccc1F. The van der Waals surface area contributed by atoms with Gasteiger partial charge in [0, 0.05) is 0 Å². The van der Waals surface area contributed by atoms with E-state index in [-0.39, 0.29) is 5.56 Å². The summed E-state index contributed by atoms with van der Waals surface area (Å²) in [5.41, 5.74) is -1.06. The fourth-order valence-electron chi connectivity index (χ4n) is 2.13. The van der Waals surface area contributed by atoms with Crippen molar-refractivity contribution < 1.29 is 28.6 Å². The standard InChI is InChI=1S/C19H16FNO5/c1-25-18(23)15(17(22)13-10-6-7-11-14(13)20)16(19(24)26-2)21-12-8-4-3-5-9-12/h3-11,22H,1-2H3/b17-15-,21-16?. The molecule has 0 fully saturated rings. The Morgan fingerprint density at radius 2 is 1.50 bits per heavy atom. The largest absolute Gasteiger partial charge is 0.506 e. The zero-order valence-electron chi connectivity index (χ0n) is 14.1. The maximum Gasteiger partial charge on any atom is 0.357 e. The number of carbonyl (C=O) groups excluding carboxylic acids is 2. The van der Waals surface area contributed by atoms with Crippen LogP contribution in [0.3, 0.4) is 0 Å². The van der Waals surface area contributed by atoms with E-state index in [1.54, 1.807) is 30.3 Å². The predicted molar refractivity (Wildman–Crippen MR) is 93.5 cm³/mol. The van der Waals surface area contributed by atoms with E-state index in [2.05, 4.69) is 14.5 Å². The van der Waals surface area contributed by atoms with Crippen LogP contribution >= 0.6 is 0 Å². The summed E-state index contributed by atoms with van der Waals surface area (Å²) in [5, 5.41) is 10.5. The van der Waals surface area contributed by atoms with Crippen molar-refractivity contribution in [2.24, 2.45) is 4.99 Å². The topological polar surface area (TPSA) is 85.2 Å². The van der Waals surface area contributed by atoms with Crippen molar-refractivity contribution in [2.75, 3.05) is 14.2 Å². The van der Waals surface area contributed by atoms with E-state index in [0.717, 1.165) is 20.3 Å². The molecule has 1 N–H and O–H groups in total. The van der Waals surface area contributed by atoms with Crippen LogP contribution in [0.2, 0.25) is 0 Å². The monoisotopic (exact) mass is 357 g/mol. The Hall–Kier alpha value is -3.48. The molecule has 7 heteroatoms. The maximum absolute atomic E-state index is 14.0. The zero-order chi connectivity index (χ0) is 19.1. The number of aliphatic hydroxyl groups is 1. The fraction of sp³-hybridized carbons (Fsp3) is 0.105. The van der Waals surface area contributed by atoms with Crippen LogP contribution in [0.5, 0.6) is 0 Å². The molecule has 2 aromatic rings. The first-order chi connectivity index (χ1) is 12.5. The van der Waals surface area contributed by atoms with Gasteiger partial charge in [0.2, 0.25) is 0 Å². The van der Waals surface area contributed by atoms with Gasteiger partial charge in [0.05, 0.1) is 25.5 Å². The molecule has 26 heavy (non-hydrogen) atoms. The van der Waals surface area contributed by atoms with Crippen LogP contribution in [0.15, 0.2) is 65.2 Å². The van der Waals surface area contributed by atoms with E-state index >= 15 is 0 Å². The Balaban J connectivity index is 2.75. The van der Waals surface area contributed by atoms with Crippen LogP contribution in [0.25, 0.3) is 5.76 Å². The third kappa shape index (κ3) is 4.13. The summed E-state index contributed by atoms with van der Waals surface area (Å²) < 4.78 is 23.3. The molecule has 0 saturated heterocycles. The highest BCUT2D eigenvalue weighted by molar-refractivity contribution is 6.51. The summed E-state index contributed by atoms with van der Waals surface area (Å²) in [5.74, 6) is -3.62. The lowest BCUT2D eigenvalue weighted by Gasteiger charge is -2.11. The molecular weight excluding hydrogens is 341 g/mol. The molecule has 0 atom stereocenters. The van der Waals surface area contributed by atoms with Crippen LogP contribution in [0.1, 0.15) is 5.56 Å². The van der Waals surface area contributed by atoms with Gasteiger partial charge in [-0.15, -0.1) is 0 Å². The van der Waals surface area contributed by atoms with Gasteiger partial charge in [0.15, 0.2) is 5.71 Å². The van der Waals surface area contributed by atoms with Crippen molar-refractivity contribution in [2.45, 2.75) is 0 Å². The third-order valence-corrected chi connectivity index (χ3v) is 3.37. The second-order valence-corrected chi connectivity index (χ2v) is 4.98. The molecule has 0 saturated carbocycles. The lowest BCUT2D eigenvalue weighted by atomic mass is 10.0. The number of carbonyl (C=O) groups is 2. The molecule has 0 spiro atoms. The number of halogens is 1. The summed E-state index contributed by atoms with van der Waals surface area (Å²) in [7, 11) is 2.16. The number of ether oxygens (including phenoxy) is 2. The van der Waals surface area contributed by atoms with Gasteiger partial charge in [0.1, 0.15) is 17.1 Å². The quantitative estimate of drug-likeness (QED) is 0.384. The predicted octanol–water partition coefficient (Wildman–Crippen LogP) is 3.21. The van der Waals surface area contributed by atoms with E-state index < -0.39 is 34.8 Å². The van der Waals surface area contributed by atoms with Crippen LogP contribution in [-0.2, 0) is 19.1 Å². The Bertz CT molecular complexity index is 875. The van der Waals surface area contributed by atoms with Gasteiger partial charge in [-0.05, 0) is 24.3 Å². The van der Waals surface area contributed by atoms with Crippen LogP contribution in [0.4, 0.5) is 10.1 Å². The molecule has 134 valence electrons. The average molecular weight is 357 g/mol. The summed E-state index contributed by atoms with van der Waals surface area (Å²) in [4.78, 5) is 28.5. The van der Waals surface area contributed by atoms with Gasteiger partial charge in [0.25, 0.3) is 0 Å². The molecular formula is C19H16FNO5. The molecule has 0 radical (unpaired) electrons. The smallest absolute Gasteiger partial charge is 0.357 e. The van der Waals surface area contributed by atoms with Gasteiger partial charge in [-0.25, -0.2) is 19.0 Å². The van der Waals surface area contributed by atoms with Gasteiger partial charge < -0.3 is 14.6 Å². The number of aliphatic imine (C=N–C) groups is 1. The van der Waals surface area contributed by atoms with Gasteiger partial charge in [-0.3, -0.25) is 0 Å². The summed E-state index contributed by atoms with van der Waals surface area (Å²) >= 11 is 0. The Labute approximate surface area is 149 Å². The van der Waals surface area contributed by atoms with Gasteiger partial charge >= 0.3 is 11.9 Å². The summed E-state index contributed by atoms with van der Waals surface area (Å²) in [6, 6.07) is 13.5. The Morgan fingerprint density at radius 3 is 2.08 bits per heavy atom. The van der Waals surface area contributed by atoms with Crippen LogP contribution in [0, 0.1) is 5.82 Å². The maximum atomic E-state index is 14.0. The van der Waals surface area contributed by atoms with E-state index in [1.165, 1.54) is 18.2 Å². The Kier molecular flexibility index (Phi) is 6.21. The van der Waals surface area contributed by atoms with Crippen molar-refractivity contribution in [1.29, 1.82) is 0 Å². The molecule has 0 heterocycles. The number of nitrogens with zero attached hydrogens (tertiary/aromatic N) is 1. The molecule has 2 aromatic carbocycles. The number of hydrogen-bond acceptors (Lipinski definition) is 6. The molecule has 0 aromatic heterocycles. The number of esters is 2. The number of aliphatic hydroxyl groups excluding tert-OH is 1. The lowest BCUT2D eigenvalue weighted by Crippen LogP contribution is -2.25. The van der Waals surface area contributed by atoms with Crippen molar-refractivity contribution >= 4 is 29.1 Å². The van der Waals surface area contributed by atoms with E-state index in [0.29, 0.717) is 5.69 Å².